The van der Waals surface area contributed by atoms with Crippen molar-refractivity contribution in [3.63, 3.8) is 0 Å². The summed E-state index contributed by atoms with van der Waals surface area (Å²) in [6.45, 7) is 2.09. The van der Waals surface area contributed by atoms with Gasteiger partial charge >= 0.3 is 0 Å². The topological polar surface area (TPSA) is 68.0 Å². The molecule has 1 heterocycles. The Morgan fingerprint density at radius 1 is 1.08 bits per heavy atom. The third-order valence-electron chi connectivity index (χ3n) is 3.77. The first kappa shape index (κ1) is 17.2. The van der Waals surface area contributed by atoms with Crippen LogP contribution in [-0.4, -0.2) is 16.1 Å². The summed E-state index contributed by atoms with van der Waals surface area (Å²) in [4.78, 5) is 12.0. The van der Waals surface area contributed by atoms with E-state index in [1.165, 1.54) is 5.56 Å². The summed E-state index contributed by atoms with van der Waals surface area (Å²) >= 11 is 5.86. The minimum Gasteiger partial charge on any atom is -0.421 e. The lowest BCUT2D eigenvalue weighted by atomic mass is 10.1. The molecule has 0 radical (unpaired) electrons. The number of halogens is 1. The van der Waals surface area contributed by atoms with Gasteiger partial charge in [0.1, 0.15) is 0 Å². The van der Waals surface area contributed by atoms with Crippen molar-refractivity contribution >= 4 is 23.2 Å². The van der Waals surface area contributed by atoms with Gasteiger partial charge in [-0.2, -0.15) is 0 Å². The van der Waals surface area contributed by atoms with Crippen molar-refractivity contribution in [3.8, 4) is 11.5 Å². The van der Waals surface area contributed by atoms with Gasteiger partial charge in [0.15, 0.2) is 0 Å². The van der Waals surface area contributed by atoms with E-state index in [9.17, 15) is 4.79 Å². The average Bonchev–Trinajstić information content (AvgIpc) is 3.10. The van der Waals surface area contributed by atoms with Crippen LogP contribution >= 0.6 is 11.6 Å². The van der Waals surface area contributed by atoms with Crippen molar-refractivity contribution in [2.75, 3.05) is 5.32 Å². The van der Waals surface area contributed by atoms with Crippen molar-refractivity contribution in [2.45, 2.75) is 26.2 Å². The predicted molar refractivity (Wildman–Crippen MR) is 97.5 cm³/mol. The van der Waals surface area contributed by atoms with E-state index in [0.717, 1.165) is 17.7 Å². The van der Waals surface area contributed by atoms with Crippen molar-refractivity contribution < 1.29 is 9.21 Å². The summed E-state index contributed by atoms with van der Waals surface area (Å²) < 4.78 is 5.60. The molecule has 6 heteroatoms. The molecule has 5 nitrogen and oxygen atoms in total. The number of nitrogens with one attached hydrogen (secondary N) is 1. The molecule has 2 aromatic carbocycles. The monoisotopic (exact) mass is 355 g/mol. The number of amides is 1. The molecular weight excluding hydrogens is 338 g/mol. The number of hydrogen-bond donors (Lipinski definition) is 1. The van der Waals surface area contributed by atoms with Gasteiger partial charge in [-0.3, -0.25) is 4.79 Å². The standard InChI is InChI=1S/C19H18ClN3O2/c1-2-13-3-9-16(10-4-13)21-17(24)11-12-18-22-23-19(25-18)14-5-7-15(20)8-6-14/h3-10H,2,11-12H2,1H3,(H,21,24). The van der Waals surface area contributed by atoms with Gasteiger partial charge in [-0.1, -0.05) is 30.7 Å². The van der Waals surface area contributed by atoms with E-state index in [2.05, 4.69) is 22.4 Å². The second kappa shape index (κ2) is 7.94. The SMILES string of the molecule is CCc1ccc(NC(=O)CCc2nnc(-c3ccc(Cl)cc3)o2)cc1. The lowest BCUT2D eigenvalue weighted by Crippen LogP contribution is -2.12. The lowest BCUT2D eigenvalue weighted by molar-refractivity contribution is -0.116. The molecule has 128 valence electrons. The molecule has 0 aliphatic heterocycles. The number of hydrogen-bond acceptors (Lipinski definition) is 4. The lowest BCUT2D eigenvalue weighted by Gasteiger charge is -2.05. The Hall–Kier alpha value is -2.66. The highest BCUT2D eigenvalue weighted by atomic mass is 35.5. The van der Waals surface area contributed by atoms with Crippen LogP contribution in [0.3, 0.4) is 0 Å². The van der Waals surface area contributed by atoms with Crippen LogP contribution in [-0.2, 0) is 17.6 Å². The molecule has 1 aromatic heterocycles. The van der Waals surface area contributed by atoms with E-state index in [1.807, 2.05) is 36.4 Å². The molecular formula is C19H18ClN3O2. The van der Waals surface area contributed by atoms with Crippen molar-refractivity contribution in [1.82, 2.24) is 10.2 Å². The van der Waals surface area contributed by atoms with E-state index in [0.29, 0.717) is 23.2 Å². The van der Waals surface area contributed by atoms with Crippen LogP contribution in [0.5, 0.6) is 0 Å². The Morgan fingerprint density at radius 2 is 1.80 bits per heavy atom. The third kappa shape index (κ3) is 4.67. The number of anilines is 1. The van der Waals surface area contributed by atoms with Gasteiger partial charge < -0.3 is 9.73 Å². The fourth-order valence-electron chi connectivity index (χ4n) is 2.33. The highest BCUT2D eigenvalue weighted by molar-refractivity contribution is 6.30. The maximum Gasteiger partial charge on any atom is 0.247 e. The number of nitrogens with zero attached hydrogens (tertiary/aromatic N) is 2. The summed E-state index contributed by atoms with van der Waals surface area (Å²) in [5.41, 5.74) is 2.82. The zero-order valence-corrected chi connectivity index (χ0v) is 14.6. The van der Waals surface area contributed by atoms with E-state index in [1.54, 1.807) is 12.1 Å². The molecule has 3 rings (SSSR count). The van der Waals surface area contributed by atoms with Crippen LogP contribution in [0.1, 0.15) is 24.8 Å². The van der Waals surface area contributed by atoms with E-state index in [-0.39, 0.29) is 12.3 Å². The molecule has 0 atom stereocenters. The number of benzene rings is 2. The van der Waals surface area contributed by atoms with Gasteiger partial charge in [-0.25, -0.2) is 0 Å². The fraction of sp³-hybridized carbons (Fsp3) is 0.211. The predicted octanol–water partition coefficient (Wildman–Crippen LogP) is 4.52. The van der Waals surface area contributed by atoms with Gasteiger partial charge in [0.25, 0.3) is 0 Å². The van der Waals surface area contributed by atoms with Crippen LogP contribution in [0.15, 0.2) is 52.9 Å². The summed E-state index contributed by atoms with van der Waals surface area (Å²) in [6.07, 6.45) is 1.64. The highest BCUT2D eigenvalue weighted by Gasteiger charge is 2.11. The Labute approximate surface area is 151 Å². The summed E-state index contributed by atoms with van der Waals surface area (Å²) in [7, 11) is 0. The van der Waals surface area contributed by atoms with Crippen molar-refractivity contribution in [1.29, 1.82) is 0 Å². The number of carbonyl (C=O) groups is 1. The third-order valence-corrected chi connectivity index (χ3v) is 4.02. The highest BCUT2D eigenvalue weighted by Crippen LogP contribution is 2.20. The summed E-state index contributed by atoms with van der Waals surface area (Å²) in [5, 5.41) is 11.5. The molecule has 25 heavy (non-hydrogen) atoms. The Bertz CT molecular complexity index is 842. The van der Waals surface area contributed by atoms with Crippen molar-refractivity contribution in [2.24, 2.45) is 0 Å². The Balaban J connectivity index is 1.54. The quantitative estimate of drug-likeness (QED) is 0.705. The molecule has 3 aromatic rings. The molecule has 0 saturated heterocycles. The number of aryl methyl sites for hydroxylation is 2. The van der Waals surface area contributed by atoms with Gasteiger partial charge in [0.05, 0.1) is 0 Å². The zero-order valence-electron chi connectivity index (χ0n) is 13.8. The van der Waals surface area contributed by atoms with E-state index < -0.39 is 0 Å². The van der Waals surface area contributed by atoms with Gasteiger partial charge in [0, 0.05) is 29.1 Å². The molecule has 1 amide bonds. The molecule has 0 aliphatic carbocycles. The minimum absolute atomic E-state index is 0.0875. The first-order valence-electron chi connectivity index (χ1n) is 8.11. The molecule has 0 bridgehead atoms. The fourth-order valence-corrected chi connectivity index (χ4v) is 2.46. The van der Waals surface area contributed by atoms with Gasteiger partial charge in [-0.05, 0) is 48.4 Å². The van der Waals surface area contributed by atoms with Crippen molar-refractivity contribution in [3.05, 3.63) is 65.0 Å². The van der Waals surface area contributed by atoms with Crippen LogP contribution < -0.4 is 5.32 Å². The Kier molecular flexibility index (Phi) is 5.46. The Morgan fingerprint density at radius 3 is 2.48 bits per heavy atom. The number of aromatic nitrogens is 2. The zero-order chi connectivity index (χ0) is 17.6. The first-order chi connectivity index (χ1) is 12.1. The number of carbonyl (C=O) groups excluding carboxylic acids is 1. The second-order valence-corrected chi connectivity index (χ2v) is 6.04. The van der Waals surface area contributed by atoms with Gasteiger partial charge in [0.2, 0.25) is 17.7 Å². The largest absolute Gasteiger partial charge is 0.421 e. The van der Waals surface area contributed by atoms with Crippen LogP contribution in [0.2, 0.25) is 5.02 Å². The second-order valence-electron chi connectivity index (χ2n) is 5.61. The van der Waals surface area contributed by atoms with Crippen LogP contribution in [0.25, 0.3) is 11.5 Å². The van der Waals surface area contributed by atoms with E-state index >= 15 is 0 Å². The molecule has 1 N–H and O–H groups in total. The maximum absolute atomic E-state index is 12.0. The summed E-state index contributed by atoms with van der Waals surface area (Å²) in [6, 6.07) is 15.0. The first-order valence-corrected chi connectivity index (χ1v) is 8.49. The molecule has 0 aliphatic rings. The molecule has 0 unspecified atom stereocenters. The van der Waals surface area contributed by atoms with E-state index in [4.69, 9.17) is 16.0 Å². The molecule has 0 spiro atoms. The normalized spacial score (nSPS) is 10.6. The smallest absolute Gasteiger partial charge is 0.247 e. The minimum atomic E-state index is -0.0875. The average molecular weight is 356 g/mol. The molecule has 0 fully saturated rings. The maximum atomic E-state index is 12.0. The van der Waals surface area contributed by atoms with Crippen LogP contribution in [0, 0.1) is 0 Å². The van der Waals surface area contributed by atoms with Gasteiger partial charge in [-0.15, -0.1) is 10.2 Å². The summed E-state index contributed by atoms with van der Waals surface area (Å²) in [5.74, 6) is 0.763. The molecule has 0 saturated carbocycles. The number of rotatable bonds is 6. The van der Waals surface area contributed by atoms with Crippen LogP contribution in [0.4, 0.5) is 5.69 Å².